The Morgan fingerprint density at radius 2 is 1.89 bits per heavy atom. The summed E-state index contributed by atoms with van der Waals surface area (Å²) in [6.45, 7) is 3.25. The average Bonchev–Trinajstić information content (AvgIpc) is 2.39. The molecule has 0 aliphatic carbocycles. The van der Waals surface area contributed by atoms with E-state index in [0.717, 1.165) is 12.8 Å². The molecule has 1 fully saturated rings. The highest BCUT2D eigenvalue weighted by molar-refractivity contribution is 7.89. The average molecular weight is 271 g/mol. The molecular formula is C10H17N5O2S. The number of hydrogen-bond donors (Lipinski definition) is 2. The van der Waals surface area contributed by atoms with E-state index in [4.69, 9.17) is 5.84 Å². The highest BCUT2D eigenvalue weighted by Gasteiger charge is 2.28. The van der Waals surface area contributed by atoms with Gasteiger partial charge < -0.3 is 0 Å². The minimum absolute atomic E-state index is 0.107. The number of aromatic nitrogens is 2. The van der Waals surface area contributed by atoms with Crippen molar-refractivity contribution in [2.45, 2.75) is 24.7 Å². The first-order valence-corrected chi connectivity index (χ1v) is 7.27. The molecule has 0 bridgehead atoms. The molecule has 1 aliphatic heterocycles. The van der Waals surface area contributed by atoms with Gasteiger partial charge in [0.25, 0.3) is 0 Å². The Labute approximate surface area is 106 Å². The highest BCUT2D eigenvalue weighted by atomic mass is 32.2. The van der Waals surface area contributed by atoms with Crippen molar-refractivity contribution in [2.75, 3.05) is 18.5 Å². The molecule has 1 aromatic rings. The fourth-order valence-electron chi connectivity index (χ4n) is 1.90. The molecule has 2 rings (SSSR count). The zero-order valence-electron chi connectivity index (χ0n) is 10.2. The van der Waals surface area contributed by atoms with Crippen LogP contribution in [0.1, 0.15) is 19.8 Å². The van der Waals surface area contributed by atoms with Gasteiger partial charge >= 0.3 is 0 Å². The van der Waals surface area contributed by atoms with Gasteiger partial charge in [-0.15, -0.1) is 0 Å². The van der Waals surface area contributed by atoms with Crippen molar-refractivity contribution in [1.82, 2.24) is 14.3 Å². The molecular weight excluding hydrogens is 254 g/mol. The third-order valence-corrected chi connectivity index (χ3v) is 4.99. The summed E-state index contributed by atoms with van der Waals surface area (Å²) in [6, 6.07) is 0. The molecule has 0 unspecified atom stereocenters. The van der Waals surface area contributed by atoms with E-state index in [9.17, 15) is 8.42 Å². The largest absolute Gasteiger partial charge is 0.292 e. The smallest absolute Gasteiger partial charge is 0.246 e. The standard InChI is InChI=1S/C10H17N5O2S/c1-8-2-4-15(5-3-8)18(16,17)9-6-12-10(14-11)13-7-9/h6-8H,2-5,11H2,1H3,(H,12,13,14). The summed E-state index contributed by atoms with van der Waals surface area (Å²) in [7, 11) is -3.47. The first kappa shape index (κ1) is 13.2. The van der Waals surface area contributed by atoms with Gasteiger partial charge in [-0.1, -0.05) is 6.92 Å². The van der Waals surface area contributed by atoms with Crippen LogP contribution in [0.2, 0.25) is 0 Å². The van der Waals surface area contributed by atoms with Crippen molar-refractivity contribution >= 4 is 16.0 Å². The van der Waals surface area contributed by atoms with Crippen molar-refractivity contribution in [3.63, 3.8) is 0 Å². The van der Waals surface area contributed by atoms with E-state index < -0.39 is 10.0 Å². The van der Waals surface area contributed by atoms with Gasteiger partial charge in [-0.05, 0) is 18.8 Å². The Kier molecular flexibility index (Phi) is 3.79. The summed E-state index contributed by atoms with van der Waals surface area (Å²) in [4.78, 5) is 7.75. The lowest BCUT2D eigenvalue weighted by atomic mass is 10.0. The van der Waals surface area contributed by atoms with Crippen molar-refractivity contribution in [1.29, 1.82) is 0 Å². The van der Waals surface area contributed by atoms with Gasteiger partial charge in [0.2, 0.25) is 16.0 Å². The van der Waals surface area contributed by atoms with Gasteiger partial charge in [0, 0.05) is 13.1 Å². The molecule has 0 saturated carbocycles. The molecule has 0 atom stereocenters. The number of nitrogens with zero attached hydrogens (tertiary/aromatic N) is 3. The molecule has 0 spiro atoms. The Morgan fingerprint density at radius 3 is 2.39 bits per heavy atom. The van der Waals surface area contributed by atoms with E-state index in [-0.39, 0.29) is 10.8 Å². The summed E-state index contributed by atoms with van der Waals surface area (Å²) < 4.78 is 26.1. The van der Waals surface area contributed by atoms with Crippen LogP contribution in [0.15, 0.2) is 17.3 Å². The Bertz CT molecular complexity index is 494. The van der Waals surface area contributed by atoms with E-state index in [2.05, 4.69) is 22.3 Å². The van der Waals surface area contributed by atoms with Crippen molar-refractivity contribution < 1.29 is 8.42 Å². The minimum atomic E-state index is -3.47. The normalized spacial score (nSPS) is 18.8. The van der Waals surface area contributed by atoms with E-state index in [1.54, 1.807) is 0 Å². The van der Waals surface area contributed by atoms with Gasteiger partial charge in [0.1, 0.15) is 4.90 Å². The summed E-state index contributed by atoms with van der Waals surface area (Å²) in [6.07, 6.45) is 4.33. The maximum atomic E-state index is 12.3. The number of piperidine rings is 1. The zero-order valence-corrected chi connectivity index (χ0v) is 11.0. The second-order valence-electron chi connectivity index (χ2n) is 4.47. The molecule has 0 aromatic carbocycles. The van der Waals surface area contributed by atoms with Crippen molar-refractivity contribution in [3.05, 3.63) is 12.4 Å². The molecule has 0 radical (unpaired) electrons. The second kappa shape index (κ2) is 5.17. The molecule has 1 aromatic heterocycles. The van der Waals surface area contributed by atoms with E-state index in [1.165, 1.54) is 16.7 Å². The van der Waals surface area contributed by atoms with Crippen LogP contribution in [0.4, 0.5) is 5.95 Å². The number of hydrogen-bond acceptors (Lipinski definition) is 6. The molecule has 2 heterocycles. The first-order valence-electron chi connectivity index (χ1n) is 5.83. The molecule has 1 saturated heterocycles. The maximum absolute atomic E-state index is 12.3. The van der Waals surface area contributed by atoms with Gasteiger partial charge in [-0.2, -0.15) is 4.31 Å². The predicted octanol–water partition coefficient (Wildman–Crippen LogP) is 0.183. The van der Waals surface area contributed by atoms with Crippen LogP contribution in [0.25, 0.3) is 0 Å². The van der Waals surface area contributed by atoms with Crippen LogP contribution in [-0.2, 0) is 10.0 Å². The van der Waals surface area contributed by atoms with Gasteiger partial charge in [-0.3, -0.25) is 5.43 Å². The highest BCUT2D eigenvalue weighted by Crippen LogP contribution is 2.22. The van der Waals surface area contributed by atoms with Crippen molar-refractivity contribution in [2.24, 2.45) is 11.8 Å². The monoisotopic (exact) mass is 271 g/mol. The van der Waals surface area contributed by atoms with Gasteiger partial charge in [0.15, 0.2) is 0 Å². The first-order chi connectivity index (χ1) is 8.54. The van der Waals surface area contributed by atoms with Crippen LogP contribution >= 0.6 is 0 Å². The molecule has 1 aliphatic rings. The topological polar surface area (TPSA) is 101 Å². The third-order valence-electron chi connectivity index (χ3n) is 3.14. The third kappa shape index (κ3) is 2.60. The summed E-state index contributed by atoms with van der Waals surface area (Å²) in [5.74, 6) is 5.91. The summed E-state index contributed by atoms with van der Waals surface area (Å²) in [5, 5.41) is 0. The maximum Gasteiger partial charge on any atom is 0.246 e. The SMILES string of the molecule is CC1CCN(S(=O)(=O)c2cnc(NN)nc2)CC1. The lowest BCUT2D eigenvalue weighted by Gasteiger charge is -2.29. The van der Waals surface area contributed by atoms with Crippen LogP contribution in [0, 0.1) is 5.92 Å². The van der Waals surface area contributed by atoms with E-state index >= 15 is 0 Å². The van der Waals surface area contributed by atoms with Crippen LogP contribution < -0.4 is 11.3 Å². The van der Waals surface area contributed by atoms with Crippen molar-refractivity contribution in [3.8, 4) is 0 Å². The lowest BCUT2D eigenvalue weighted by molar-refractivity contribution is 0.288. The van der Waals surface area contributed by atoms with E-state index in [1.807, 2.05) is 0 Å². The van der Waals surface area contributed by atoms with Crippen LogP contribution in [0.3, 0.4) is 0 Å². The van der Waals surface area contributed by atoms with Gasteiger partial charge in [0.05, 0.1) is 12.4 Å². The van der Waals surface area contributed by atoms with Gasteiger partial charge in [-0.25, -0.2) is 24.2 Å². The quantitative estimate of drug-likeness (QED) is 0.601. The number of sulfonamides is 1. The summed E-state index contributed by atoms with van der Waals surface area (Å²) >= 11 is 0. The second-order valence-corrected chi connectivity index (χ2v) is 6.41. The number of hydrazine groups is 1. The number of nitrogens with one attached hydrogen (secondary N) is 1. The molecule has 8 heteroatoms. The predicted molar refractivity (Wildman–Crippen MR) is 67.0 cm³/mol. The molecule has 7 nitrogen and oxygen atoms in total. The fourth-order valence-corrected chi connectivity index (χ4v) is 3.26. The summed E-state index contributed by atoms with van der Waals surface area (Å²) in [5.41, 5.74) is 2.26. The Balaban J connectivity index is 2.19. The molecule has 18 heavy (non-hydrogen) atoms. The Hall–Kier alpha value is -1.25. The number of rotatable bonds is 3. The number of nitrogens with two attached hydrogens (primary N) is 1. The molecule has 100 valence electrons. The fraction of sp³-hybridized carbons (Fsp3) is 0.600. The van der Waals surface area contributed by atoms with Crippen LogP contribution in [0.5, 0.6) is 0 Å². The number of anilines is 1. The molecule has 3 N–H and O–H groups in total. The lowest BCUT2D eigenvalue weighted by Crippen LogP contribution is -2.38. The minimum Gasteiger partial charge on any atom is -0.292 e. The molecule has 0 amide bonds. The van der Waals surface area contributed by atoms with E-state index in [0.29, 0.717) is 19.0 Å². The van der Waals surface area contributed by atoms with Crippen LogP contribution in [-0.4, -0.2) is 35.8 Å². The number of nitrogen functional groups attached to an aromatic ring is 1. The Morgan fingerprint density at radius 1 is 1.33 bits per heavy atom. The zero-order chi connectivity index (χ0) is 13.2.